The topological polar surface area (TPSA) is 9.23 Å². The summed E-state index contributed by atoms with van der Waals surface area (Å²) < 4.78 is 6.10. The summed E-state index contributed by atoms with van der Waals surface area (Å²) in [4.78, 5) is 0. The van der Waals surface area contributed by atoms with Crippen molar-refractivity contribution >= 4 is 6.83 Å². The Morgan fingerprint density at radius 1 is 0.909 bits per heavy atom. The van der Waals surface area contributed by atoms with Crippen molar-refractivity contribution in [3.05, 3.63) is 0 Å². The van der Waals surface area contributed by atoms with E-state index < -0.39 is 6.83 Å². The maximum absolute atomic E-state index is 6.10. The van der Waals surface area contributed by atoms with E-state index in [1.165, 1.54) is 44.2 Å². The van der Waals surface area contributed by atoms with Gasteiger partial charge in [0.15, 0.2) is 0 Å². The van der Waals surface area contributed by atoms with Gasteiger partial charge in [0.1, 0.15) is 0 Å². The van der Waals surface area contributed by atoms with Crippen LogP contribution in [-0.4, -0.2) is 31.8 Å². The van der Waals surface area contributed by atoms with E-state index in [1.807, 2.05) is 0 Å². The first-order valence-electron chi connectivity index (χ1n) is 4.87. The molecule has 2 aliphatic heterocycles. The summed E-state index contributed by atoms with van der Waals surface area (Å²) >= 11 is 0. The van der Waals surface area contributed by atoms with E-state index in [0.29, 0.717) is 0 Å². The van der Waals surface area contributed by atoms with Gasteiger partial charge in [-0.1, -0.05) is 0 Å². The molecule has 0 aromatic carbocycles. The van der Waals surface area contributed by atoms with Gasteiger partial charge in [0.25, 0.3) is 0 Å². The molecule has 0 saturated carbocycles. The Kier molecular flexibility index (Phi) is 1.77. The van der Waals surface area contributed by atoms with Crippen molar-refractivity contribution < 1.29 is 4.52 Å². The number of rotatable bonds is 0. The van der Waals surface area contributed by atoms with Gasteiger partial charge < -0.3 is 0 Å². The molecular weight excluding hydrogens is 155 g/mol. The average molecular weight is 174 g/mol. The SMILES string of the molecule is CP12(CCCCC1)CCCO2. The summed E-state index contributed by atoms with van der Waals surface area (Å²) in [5.74, 6) is 0. The predicted molar refractivity (Wildman–Crippen MR) is 51.9 cm³/mol. The Hall–Kier alpha value is 0.390. The summed E-state index contributed by atoms with van der Waals surface area (Å²) in [6, 6.07) is 0. The molecule has 66 valence electrons. The van der Waals surface area contributed by atoms with Crippen molar-refractivity contribution in [2.75, 3.05) is 31.8 Å². The molecule has 2 aliphatic rings. The molecule has 0 radical (unpaired) electrons. The van der Waals surface area contributed by atoms with Gasteiger partial charge >= 0.3 is 68.8 Å². The molecular formula is C9H19OP. The second-order valence-electron chi connectivity index (χ2n) is 4.61. The first kappa shape index (κ1) is 8.01. The second kappa shape index (κ2) is 2.44. The maximum atomic E-state index is 6.10. The molecule has 0 unspecified atom stereocenters. The molecule has 0 N–H and O–H groups in total. The summed E-state index contributed by atoms with van der Waals surface area (Å²) in [5.41, 5.74) is 0. The molecule has 0 aromatic rings. The van der Waals surface area contributed by atoms with Gasteiger partial charge in [0.2, 0.25) is 0 Å². The first-order valence-corrected chi connectivity index (χ1v) is 8.02. The van der Waals surface area contributed by atoms with Crippen LogP contribution >= 0.6 is 6.83 Å². The van der Waals surface area contributed by atoms with E-state index >= 15 is 0 Å². The Balaban J connectivity index is 2.15. The van der Waals surface area contributed by atoms with Crippen LogP contribution < -0.4 is 0 Å². The van der Waals surface area contributed by atoms with E-state index in [4.69, 9.17) is 4.52 Å². The molecule has 0 bridgehead atoms. The zero-order chi connectivity index (χ0) is 7.81. The van der Waals surface area contributed by atoms with E-state index in [0.717, 1.165) is 6.61 Å². The second-order valence-corrected chi connectivity index (χ2v) is 10.6. The monoisotopic (exact) mass is 174 g/mol. The average Bonchev–Trinajstić information content (AvgIpc) is 2.35. The Morgan fingerprint density at radius 2 is 1.55 bits per heavy atom. The fourth-order valence-electron chi connectivity index (χ4n) is 2.68. The van der Waals surface area contributed by atoms with E-state index in [9.17, 15) is 0 Å². The molecule has 2 rings (SSSR count). The van der Waals surface area contributed by atoms with Gasteiger partial charge in [0.05, 0.1) is 0 Å². The van der Waals surface area contributed by atoms with Crippen LogP contribution in [0.15, 0.2) is 0 Å². The Labute approximate surface area is 69.5 Å². The molecule has 2 heterocycles. The van der Waals surface area contributed by atoms with Gasteiger partial charge in [-0.15, -0.1) is 0 Å². The third-order valence-electron chi connectivity index (χ3n) is 3.51. The Bertz CT molecular complexity index is 151. The first-order chi connectivity index (χ1) is 5.21. The van der Waals surface area contributed by atoms with Crippen LogP contribution in [0.1, 0.15) is 25.7 Å². The summed E-state index contributed by atoms with van der Waals surface area (Å²) in [6.45, 7) is 2.06. The molecule has 1 spiro atoms. The van der Waals surface area contributed by atoms with Crippen molar-refractivity contribution in [2.45, 2.75) is 25.7 Å². The van der Waals surface area contributed by atoms with Gasteiger partial charge in [-0.25, -0.2) is 0 Å². The normalized spacial score (nSPS) is 38.1. The van der Waals surface area contributed by atoms with Gasteiger partial charge in [0, 0.05) is 0 Å². The van der Waals surface area contributed by atoms with Crippen LogP contribution in [0, 0.1) is 0 Å². The number of hydrogen-bond donors (Lipinski definition) is 0. The van der Waals surface area contributed by atoms with Crippen LogP contribution in [0.5, 0.6) is 0 Å². The van der Waals surface area contributed by atoms with Gasteiger partial charge in [-0.2, -0.15) is 0 Å². The molecule has 0 amide bonds. The van der Waals surface area contributed by atoms with Crippen molar-refractivity contribution in [3.63, 3.8) is 0 Å². The molecule has 0 aromatic heterocycles. The van der Waals surface area contributed by atoms with Crippen molar-refractivity contribution in [3.8, 4) is 0 Å². The molecule has 0 atom stereocenters. The van der Waals surface area contributed by atoms with Gasteiger partial charge in [-0.3, -0.25) is 0 Å². The van der Waals surface area contributed by atoms with Crippen LogP contribution in [0.4, 0.5) is 0 Å². The van der Waals surface area contributed by atoms with Crippen molar-refractivity contribution in [1.29, 1.82) is 0 Å². The quantitative estimate of drug-likeness (QED) is 0.513. The van der Waals surface area contributed by atoms with E-state index in [2.05, 4.69) is 6.66 Å². The minimum atomic E-state index is -1.48. The molecule has 2 fully saturated rings. The third-order valence-corrected chi connectivity index (χ3v) is 9.23. The summed E-state index contributed by atoms with van der Waals surface area (Å²) in [5, 5.41) is 0. The molecule has 2 heteroatoms. The summed E-state index contributed by atoms with van der Waals surface area (Å²) in [6.07, 6.45) is 9.98. The van der Waals surface area contributed by atoms with E-state index in [-0.39, 0.29) is 0 Å². The number of hydrogen-bond acceptors (Lipinski definition) is 1. The molecule has 0 aliphatic carbocycles. The third kappa shape index (κ3) is 1.34. The fraction of sp³-hybridized carbons (Fsp3) is 1.00. The van der Waals surface area contributed by atoms with Crippen LogP contribution in [0.3, 0.4) is 0 Å². The van der Waals surface area contributed by atoms with Crippen LogP contribution in [0.2, 0.25) is 0 Å². The van der Waals surface area contributed by atoms with Crippen LogP contribution in [-0.2, 0) is 4.52 Å². The van der Waals surface area contributed by atoms with Crippen molar-refractivity contribution in [1.82, 2.24) is 0 Å². The molecule has 11 heavy (non-hydrogen) atoms. The fourth-order valence-corrected chi connectivity index (χ4v) is 7.69. The zero-order valence-electron chi connectivity index (χ0n) is 7.51. The molecule has 2 saturated heterocycles. The van der Waals surface area contributed by atoms with E-state index in [1.54, 1.807) is 0 Å². The van der Waals surface area contributed by atoms with Crippen molar-refractivity contribution in [2.24, 2.45) is 0 Å². The van der Waals surface area contributed by atoms with Crippen LogP contribution in [0.25, 0.3) is 0 Å². The molecule has 1 nitrogen and oxygen atoms in total. The predicted octanol–water partition coefficient (Wildman–Crippen LogP) is 2.69. The van der Waals surface area contributed by atoms with Gasteiger partial charge in [-0.05, 0) is 0 Å². The standard InChI is InChI=1S/C9H19OP/c1-11(9-5-6-10-11)7-3-2-4-8-11/h2-9H2,1H3. The zero-order valence-corrected chi connectivity index (χ0v) is 8.41. The minimum absolute atomic E-state index is 1.06. The Morgan fingerprint density at radius 3 is 2.09 bits per heavy atom. The summed E-state index contributed by atoms with van der Waals surface area (Å²) in [7, 11) is 0.